The van der Waals surface area contributed by atoms with Crippen LogP contribution < -0.4 is 5.32 Å². The van der Waals surface area contributed by atoms with E-state index in [-0.39, 0.29) is 0 Å². The fraction of sp³-hybridized carbons (Fsp3) is 0.214. The molecule has 0 radical (unpaired) electrons. The number of thiophene rings is 1. The number of nitrogens with zero attached hydrogens (tertiary/aromatic N) is 3. The Morgan fingerprint density at radius 1 is 1.26 bits per heavy atom. The Labute approximate surface area is 115 Å². The lowest BCUT2D eigenvalue weighted by Crippen LogP contribution is -2.04. The molecular formula is C14H14N4S. The van der Waals surface area contributed by atoms with E-state index in [1.807, 2.05) is 17.5 Å². The second-order valence-electron chi connectivity index (χ2n) is 4.20. The summed E-state index contributed by atoms with van der Waals surface area (Å²) >= 11 is 1.63. The van der Waals surface area contributed by atoms with Crippen molar-refractivity contribution in [1.29, 1.82) is 0 Å². The van der Waals surface area contributed by atoms with Gasteiger partial charge in [-0.05, 0) is 30.0 Å². The van der Waals surface area contributed by atoms with Crippen molar-refractivity contribution >= 4 is 27.4 Å². The van der Waals surface area contributed by atoms with Crippen LogP contribution in [0.3, 0.4) is 0 Å². The molecule has 0 aliphatic heterocycles. The molecule has 1 N–H and O–H groups in total. The summed E-state index contributed by atoms with van der Waals surface area (Å²) in [4.78, 5) is 14.4. The maximum atomic E-state index is 4.63. The molecule has 19 heavy (non-hydrogen) atoms. The van der Waals surface area contributed by atoms with Crippen LogP contribution in [0.25, 0.3) is 21.6 Å². The number of nitrogens with one attached hydrogen (secondary N) is 1. The standard InChI is InChI=1S/C14H14N4S/c1-2-6-16-13-11-5-8-19-14(11)18-12(17-13)10-4-3-7-15-9-10/h3-5,7-9H,2,6H2,1H3,(H,16,17,18). The number of hydrogen-bond acceptors (Lipinski definition) is 5. The van der Waals surface area contributed by atoms with Gasteiger partial charge in [0.05, 0.1) is 5.39 Å². The molecule has 0 aliphatic carbocycles. The molecule has 0 aliphatic rings. The Hall–Kier alpha value is -2.01. The van der Waals surface area contributed by atoms with E-state index >= 15 is 0 Å². The topological polar surface area (TPSA) is 50.7 Å². The minimum atomic E-state index is 0.724. The number of fused-ring (bicyclic) bond motifs is 1. The van der Waals surface area contributed by atoms with Crippen molar-refractivity contribution in [3.05, 3.63) is 36.0 Å². The first-order chi connectivity index (χ1) is 9.38. The van der Waals surface area contributed by atoms with Gasteiger partial charge in [0, 0.05) is 24.5 Å². The van der Waals surface area contributed by atoms with E-state index in [2.05, 4.69) is 33.3 Å². The molecule has 96 valence electrons. The first-order valence-corrected chi connectivity index (χ1v) is 7.16. The van der Waals surface area contributed by atoms with Crippen LogP contribution in [0.4, 0.5) is 5.82 Å². The van der Waals surface area contributed by atoms with Gasteiger partial charge in [-0.15, -0.1) is 11.3 Å². The van der Waals surface area contributed by atoms with Gasteiger partial charge in [-0.25, -0.2) is 9.97 Å². The molecule has 3 aromatic rings. The van der Waals surface area contributed by atoms with Gasteiger partial charge in [0.25, 0.3) is 0 Å². The van der Waals surface area contributed by atoms with E-state index in [4.69, 9.17) is 0 Å². The lowest BCUT2D eigenvalue weighted by atomic mass is 10.2. The minimum Gasteiger partial charge on any atom is -0.369 e. The summed E-state index contributed by atoms with van der Waals surface area (Å²) in [6.07, 6.45) is 4.61. The monoisotopic (exact) mass is 270 g/mol. The third-order valence-corrected chi connectivity index (χ3v) is 3.59. The zero-order chi connectivity index (χ0) is 13.1. The van der Waals surface area contributed by atoms with Crippen molar-refractivity contribution in [1.82, 2.24) is 15.0 Å². The molecule has 3 heterocycles. The predicted molar refractivity (Wildman–Crippen MR) is 79.4 cm³/mol. The normalized spacial score (nSPS) is 10.8. The van der Waals surface area contributed by atoms with Crippen LogP contribution >= 0.6 is 11.3 Å². The first-order valence-electron chi connectivity index (χ1n) is 6.28. The van der Waals surface area contributed by atoms with Gasteiger partial charge < -0.3 is 5.32 Å². The minimum absolute atomic E-state index is 0.724. The van der Waals surface area contributed by atoms with E-state index in [1.165, 1.54) is 0 Å². The Balaban J connectivity index is 2.11. The smallest absolute Gasteiger partial charge is 0.164 e. The van der Waals surface area contributed by atoms with Crippen LogP contribution in [-0.2, 0) is 0 Å². The first kappa shape index (κ1) is 12.0. The molecule has 4 nitrogen and oxygen atoms in total. The molecule has 0 atom stereocenters. The van der Waals surface area contributed by atoms with Gasteiger partial charge in [0.1, 0.15) is 10.6 Å². The highest BCUT2D eigenvalue weighted by Crippen LogP contribution is 2.28. The average Bonchev–Trinajstić information content (AvgIpc) is 2.94. The summed E-state index contributed by atoms with van der Waals surface area (Å²) in [5, 5.41) is 6.50. The zero-order valence-corrected chi connectivity index (χ0v) is 11.4. The summed E-state index contributed by atoms with van der Waals surface area (Å²) in [7, 11) is 0. The lowest BCUT2D eigenvalue weighted by Gasteiger charge is -2.07. The Morgan fingerprint density at radius 2 is 2.21 bits per heavy atom. The second-order valence-corrected chi connectivity index (χ2v) is 5.10. The van der Waals surface area contributed by atoms with Crippen molar-refractivity contribution in [3.8, 4) is 11.4 Å². The molecule has 3 rings (SSSR count). The highest BCUT2D eigenvalue weighted by atomic mass is 32.1. The van der Waals surface area contributed by atoms with E-state index in [9.17, 15) is 0 Å². The molecule has 0 saturated heterocycles. The molecule has 5 heteroatoms. The van der Waals surface area contributed by atoms with Crippen LogP contribution in [-0.4, -0.2) is 21.5 Å². The van der Waals surface area contributed by atoms with Gasteiger partial charge in [-0.1, -0.05) is 6.92 Å². The number of hydrogen-bond donors (Lipinski definition) is 1. The molecular weight excluding hydrogens is 256 g/mol. The SMILES string of the molecule is CCCNc1nc(-c2cccnc2)nc2sccc12. The number of anilines is 1. The summed E-state index contributed by atoms with van der Waals surface area (Å²) in [6.45, 7) is 3.05. The van der Waals surface area contributed by atoms with Crippen molar-refractivity contribution in [3.63, 3.8) is 0 Å². The van der Waals surface area contributed by atoms with Crippen molar-refractivity contribution in [2.24, 2.45) is 0 Å². The quantitative estimate of drug-likeness (QED) is 0.787. The second kappa shape index (κ2) is 5.32. The average molecular weight is 270 g/mol. The van der Waals surface area contributed by atoms with Crippen molar-refractivity contribution < 1.29 is 0 Å². The van der Waals surface area contributed by atoms with E-state index < -0.39 is 0 Å². The van der Waals surface area contributed by atoms with Crippen LogP contribution in [0.1, 0.15) is 13.3 Å². The molecule has 0 saturated carbocycles. The summed E-state index contributed by atoms with van der Waals surface area (Å²) in [6, 6.07) is 5.94. The number of rotatable bonds is 4. The van der Waals surface area contributed by atoms with E-state index in [1.54, 1.807) is 23.7 Å². The van der Waals surface area contributed by atoms with E-state index in [0.717, 1.165) is 40.4 Å². The van der Waals surface area contributed by atoms with Gasteiger partial charge >= 0.3 is 0 Å². The van der Waals surface area contributed by atoms with Gasteiger partial charge in [0.2, 0.25) is 0 Å². The van der Waals surface area contributed by atoms with E-state index in [0.29, 0.717) is 0 Å². The predicted octanol–water partition coefficient (Wildman–Crippen LogP) is 3.58. The maximum Gasteiger partial charge on any atom is 0.164 e. The third kappa shape index (κ3) is 2.42. The largest absolute Gasteiger partial charge is 0.369 e. The molecule has 0 aromatic carbocycles. The van der Waals surface area contributed by atoms with Crippen molar-refractivity contribution in [2.75, 3.05) is 11.9 Å². The van der Waals surface area contributed by atoms with Crippen LogP contribution in [0.5, 0.6) is 0 Å². The summed E-state index contributed by atoms with van der Waals surface area (Å²) < 4.78 is 0. The third-order valence-electron chi connectivity index (χ3n) is 2.79. The molecule has 0 bridgehead atoms. The number of aromatic nitrogens is 3. The highest BCUT2D eigenvalue weighted by Gasteiger charge is 2.09. The summed E-state index contributed by atoms with van der Waals surface area (Å²) in [5.74, 6) is 1.63. The van der Waals surface area contributed by atoms with Gasteiger partial charge in [-0.3, -0.25) is 4.98 Å². The van der Waals surface area contributed by atoms with Gasteiger partial charge in [0.15, 0.2) is 5.82 Å². The van der Waals surface area contributed by atoms with Crippen LogP contribution in [0.15, 0.2) is 36.0 Å². The molecule has 0 amide bonds. The fourth-order valence-electron chi connectivity index (χ4n) is 1.86. The summed E-state index contributed by atoms with van der Waals surface area (Å²) in [5.41, 5.74) is 0.942. The van der Waals surface area contributed by atoms with Crippen molar-refractivity contribution in [2.45, 2.75) is 13.3 Å². The molecule has 3 aromatic heterocycles. The highest BCUT2D eigenvalue weighted by molar-refractivity contribution is 7.16. The Kier molecular flexibility index (Phi) is 3.37. The number of pyridine rings is 1. The Morgan fingerprint density at radius 3 is 3.00 bits per heavy atom. The molecule has 0 spiro atoms. The van der Waals surface area contributed by atoms with Crippen LogP contribution in [0.2, 0.25) is 0 Å². The maximum absolute atomic E-state index is 4.63. The lowest BCUT2D eigenvalue weighted by molar-refractivity contribution is 0.970. The zero-order valence-electron chi connectivity index (χ0n) is 10.6. The van der Waals surface area contributed by atoms with Crippen LogP contribution in [0, 0.1) is 0 Å². The Bertz CT molecular complexity index is 678. The molecule has 0 unspecified atom stereocenters. The molecule has 0 fully saturated rings. The fourth-order valence-corrected chi connectivity index (χ4v) is 2.62. The van der Waals surface area contributed by atoms with Gasteiger partial charge in [-0.2, -0.15) is 0 Å².